The van der Waals surface area contributed by atoms with Gasteiger partial charge in [-0.1, -0.05) is 0 Å². The van der Waals surface area contributed by atoms with Crippen molar-refractivity contribution in [2.75, 3.05) is 11.9 Å². The molecule has 0 bridgehead atoms. The largest absolute Gasteiger partial charge is 0.373 e. The first-order valence-corrected chi connectivity index (χ1v) is 4.42. The van der Waals surface area contributed by atoms with Gasteiger partial charge in [-0.2, -0.15) is 10.3 Å². The molecule has 1 aromatic heterocycles. The molecule has 5 heteroatoms. The van der Waals surface area contributed by atoms with Crippen LogP contribution >= 0.6 is 0 Å². The van der Waals surface area contributed by atoms with Crippen LogP contribution in [0.25, 0.3) is 0 Å². The fourth-order valence-corrected chi connectivity index (χ4v) is 1.61. The topological polar surface area (TPSA) is 62.8 Å². The van der Waals surface area contributed by atoms with Crippen LogP contribution in [0.4, 0.5) is 5.82 Å². The second kappa shape index (κ2) is 2.99. The highest BCUT2D eigenvalue weighted by Crippen LogP contribution is 2.25. The first-order chi connectivity index (χ1) is 6.16. The number of nitrogens with zero attached hydrogens (tertiary/aromatic N) is 2. The number of aromatic amines is 1. The number of anilines is 1. The van der Waals surface area contributed by atoms with Gasteiger partial charge < -0.3 is 10.1 Å². The van der Waals surface area contributed by atoms with Gasteiger partial charge >= 0.3 is 0 Å². The number of hydrogen-bond donors (Lipinski definition) is 2. The lowest BCUT2D eigenvalue weighted by Gasteiger charge is -2.15. The van der Waals surface area contributed by atoms with E-state index in [1.807, 2.05) is 0 Å². The Kier molecular flexibility index (Phi) is 1.95. The van der Waals surface area contributed by atoms with E-state index in [-0.39, 0.29) is 5.60 Å². The molecule has 0 aliphatic carbocycles. The minimum absolute atomic E-state index is 0.0125. The van der Waals surface area contributed by atoms with Gasteiger partial charge in [0, 0.05) is 0 Å². The standard InChI is InChI=1S/C8H14N4O/c1-8(2)3-6(5-13-8)10-7-4-9-12-11-7/h4,6H,3,5H2,1-2H3,(H2,9,10,11,12). The highest BCUT2D eigenvalue weighted by molar-refractivity contribution is 5.30. The van der Waals surface area contributed by atoms with Crippen LogP contribution in [0.2, 0.25) is 0 Å². The molecule has 1 aliphatic heterocycles. The number of aromatic nitrogens is 3. The molecule has 0 spiro atoms. The van der Waals surface area contributed by atoms with Crippen molar-refractivity contribution < 1.29 is 4.74 Å². The summed E-state index contributed by atoms with van der Waals surface area (Å²) in [5, 5.41) is 13.5. The number of H-pyrrole nitrogens is 1. The minimum atomic E-state index is -0.0125. The molecule has 0 saturated carbocycles. The third-order valence-corrected chi connectivity index (χ3v) is 2.18. The van der Waals surface area contributed by atoms with Crippen LogP contribution in [-0.2, 0) is 4.74 Å². The normalized spacial score (nSPS) is 26.2. The Bertz CT molecular complexity index is 270. The van der Waals surface area contributed by atoms with Gasteiger partial charge in [-0.25, -0.2) is 0 Å². The summed E-state index contributed by atoms with van der Waals surface area (Å²) in [6, 6.07) is 0.347. The third-order valence-electron chi connectivity index (χ3n) is 2.18. The molecule has 1 aromatic rings. The minimum Gasteiger partial charge on any atom is -0.373 e. The van der Waals surface area contributed by atoms with Crippen molar-refractivity contribution in [2.45, 2.75) is 31.9 Å². The van der Waals surface area contributed by atoms with Crippen LogP contribution in [0.3, 0.4) is 0 Å². The van der Waals surface area contributed by atoms with E-state index >= 15 is 0 Å². The second-order valence-corrected chi connectivity index (χ2v) is 3.97. The molecule has 0 radical (unpaired) electrons. The number of ether oxygens (including phenoxy) is 1. The van der Waals surface area contributed by atoms with E-state index in [4.69, 9.17) is 4.74 Å². The molecule has 1 unspecified atom stereocenters. The zero-order chi connectivity index (χ0) is 9.31. The van der Waals surface area contributed by atoms with Gasteiger partial charge in [-0.05, 0) is 20.3 Å². The predicted octanol–water partition coefficient (Wildman–Crippen LogP) is 0.784. The summed E-state index contributed by atoms with van der Waals surface area (Å²) in [6.45, 7) is 4.93. The Morgan fingerprint density at radius 1 is 1.69 bits per heavy atom. The third kappa shape index (κ3) is 1.98. The molecular formula is C8H14N4O. The van der Waals surface area contributed by atoms with Gasteiger partial charge in [-0.15, -0.1) is 5.10 Å². The Hall–Kier alpha value is -1.10. The molecule has 2 N–H and O–H groups in total. The van der Waals surface area contributed by atoms with E-state index in [1.165, 1.54) is 0 Å². The number of rotatable bonds is 2. The van der Waals surface area contributed by atoms with Gasteiger partial charge in [0.05, 0.1) is 24.4 Å². The average Bonchev–Trinajstić information content (AvgIpc) is 2.61. The van der Waals surface area contributed by atoms with E-state index in [2.05, 4.69) is 34.6 Å². The molecular weight excluding hydrogens is 168 g/mol. The van der Waals surface area contributed by atoms with Gasteiger partial charge in [-0.3, -0.25) is 0 Å². The van der Waals surface area contributed by atoms with E-state index in [1.54, 1.807) is 6.20 Å². The van der Waals surface area contributed by atoms with Crippen molar-refractivity contribution in [3.8, 4) is 0 Å². The molecule has 72 valence electrons. The Morgan fingerprint density at radius 2 is 2.54 bits per heavy atom. The molecule has 1 fully saturated rings. The summed E-state index contributed by atoms with van der Waals surface area (Å²) in [5.41, 5.74) is -0.0125. The molecule has 1 atom stereocenters. The number of hydrogen-bond acceptors (Lipinski definition) is 4. The van der Waals surface area contributed by atoms with Crippen LogP contribution in [0.1, 0.15) is 20.3 Å². The fourth-order valence-electron chi connectivity index (χ4n) is 1.61. The SMILES string of the molecule is CC1(C)CC(Nc2cn[nH]n2)CO1. The van der Waals surface area contributed by atoms with Gasteiger partial charge in [0.15, 0.2) is 5.82 Å². The van der Waals surface area contributed by atoms with Crippen LogP contribution < -0.4 is 5.32 Å². The summed E-state index contributed by atoms with van der Waals surface area (Å²) in [4.78, 5) is 0. The van der Waals surface area contributed by atoms with Gasteiger partial charge in [0.25, 0.3) is 0 Å². The molecule has 2 heterocycles. The number of nitrogens with one attached hydrogen (secondary N) is 2. The molecule has 1 aliphatic rings. The van der Waals surface area contributed by atoms with E-state index in [9.17, 15) is 0 Å². The molecule has 13 heavy (non-hydrogen) atoms. The molecule has 2 rings (SSSR count). The maximum atomic E-state index is 5.58. The zero-order valence-electron chi connectivity index (χ0n) is 7.87. The predicted molar refractivity (Wildman–Crippen MR) is 48.4 cm³/mol. The smallest absolute Gasteiger partial charge is 0.168 e. The van der Waals surface area contributed by atoms with E-state index in [0.29, 0.717) is 6.04 Å². The van der Waals surface area contributed by atoms with Gasteiger partial charge in [0.1, 0.15) is 0 Å². The maximum absolute atomic E-state index is 5.58. The Morgan fingerprint density at radius 3 is 3.08 bits per heavy atom. The summed E-state index contributed by atoms with van der Waals surface area (Å²) < 4.78 is 5.58. The van der Waals surface area contributed by atoms with Crippen LogP contribution in [0, 0.1) is 0 Å². The Balaban J connectivity index is 1.91. The van der Waals surface area contributed by atoms with E-state index in [0.717, 1.165) is 18.8 Å². The van der Waals surface area contributed by atoms with Crippen LogP contribution in [-0.4, -0.2) is 33.7 Å². The van der Waals surface area contributed by atoms with Crippen LogP contribution in [0.15, 0.2) is 6.20 Å². The zero-order valence-corrected chi connectivity index (χ0v) is 7.87. The summed E-state index contributed by atoms with van der Waals surface area (Å²) in [5.74, 6) is 0.784. The first kappa shape index (κ1) is 8.50. The molecule has 0 aromatic carbocycles. The lowest BCUT2D eigenvalue weighted by Crippen LogP contribution is -2.22. The second-order valence-electron chi connectivity index (χ2n) is 3.97. The monoisotopic (exact) mass is 182 g/mol. The Labute approximate surface area is 76.9 Å². The van der Waals surface area contributed by atoms with E-state index < -0.39 is 0 Å². The lowest BCUT2D eigenvalue weighted by atomic mass is 10.0. The summed E-state index contributed by atoms with van der Waals surface area (Å²) in [6.07, 6.45) is 2.67. The van der Waals surface area contributed by atoms with Crippen molar-refractivity contribution >= 4 is 5.82 Å². The molecule has 5 nitrogen and oxygen atoms in total. The highest BCUT2D eigenvalue weighted by atomic mass is 16.5. The van der Waals surface area contributed by atoms with Crippen molar-refractivity contribution in [1.29, 1.82) is 0 Å². The quantitative estimate of drug-likeness (QED) is 0.709. The maximum Gasteiger partial charge on any atom is 0.168 e. The molecule has 1 saturated heterocycles. The van der Waals surface area contributed by atoms with Crippen molar-refractivity contribution in [3.63, 3.8) is 0 Å². The van der Waals surface area contributed by atoms with Gasteiger partial charge in [0.2, 0.25) is 0 Å². The molecule has 0 amide bonds. The summed E-state index contributed by atoms with van der Waals surface area (Å²) in [7, 11) is 0. The van der Waals surface area contributed by atoms with Crippen LogP contribution in [0.5, 0.6) is 0 Å². The highest BCUT2D eigenvalue weighted by Gasteiger charge is 2.31. The average molecular weight is 182 g/mol. The van der Waals surface area contributed by atoms with Crippen molar-refractivity contribution in [1.82, 2.24) is 15.4 Å². The summed E-state index contributed by atoms with van der Waals surface area (Å²) >= 11 is 0. The lowest BCUT2D eigenvalue weighted by molar-refractivity contribution is 0.0363. The van der Waals surface area contributed by atoms with Crippen molar-refractivity contribution in [3.05, 3.63) is 6.20 Å². The first-order valence-electron chi connectivity index (χ1n) is 4.42. The van der Waals surface area contributed by atoms with Crippen molar-refractivity contribution in [2.24, 2.45) is 0 Å². The fraction of sp³-hybridized carbons (Fsp3) is 0.750.